The molecule has 0 saturated carbocycles. The van der Waals surface area contributed by atoms with E-state index in [-0.39, 0.29) is 23.0 Å². The quantitative estimate of drug-likeness (QED) is 0.141. The number of urea groups is 1. The van der Waals surface area contributed by atoms with Crippen molar-refractivity contribution >= 4 is 45.9 Å². The van der Waals surface area contributed by atoms with E-state index in [2.05, 4.69) is 15.4 Å². The summed E-state index contributed by atoms with van der Waals surface area (Å²) in [5.74, 6) is -5.49. The van der Waals surface area contributed by atoms with Crippen molar-refractivity contribution in [3.8, 4) is 0 Å². The van der Waals surface area contributed by atoms with Crippen LogP contribution in [0.1, 0.15) is 31.4 Å². The number of amides is 6. The average molecular weight is 554 g/mol. The van der Waals surface area contributed by atoms with Gasteiger partial charge in [0, 0.05) is 19.6 Å². The van der Waals surface area contributed by atoms with Gasteiger partial charge in [0.15, 0.2) is 6.04 Å². The van der Waals surface area contributed by atoms with Crippen LogP contribution >= 0.6 is 0 Å². The first-order valence-corrected chi connectivity index (χ1v) is 13.0. The van der Waals surface area contributed by atoms with Gasteiger partial charge in [0.2, 0.25) is 5.91 Å². The Morgan fingerprint density at radius 1 is 1.11 bits per heavy atom. The summed E-state index contributed by atoms with van der Waals surface area (Å²) in [6.45, 7) is 2.29. The number of nitrogens with zero attached hydrogens (tertiary/aromatic N) is 3. The van der Waals surface area contributed by atoms with Crippen LogP contribution in [0.15, 0.2) is 30.3 Å². The van der Waals surface area contributed by atoms with E-state index >= 15 is 0 Å². The van der Waals surface area contributed by atoms with Crippen LogP contribution in [0, 0.1) is 0 Å². The molecule has 3 atom stereocenters. The van der Waals surface area contributed by atoms with Gasteiger partial charge in [-0.2, -0.15) is 12.7 Å². The Kier molecular flexibility index (Phi) is 8.67. The number of hydrogen-bond acceptors (Lipinski definition) is 9. The van der Waals surface area contributed by atoms with Crippen molar-refractivity contribution in [1.82, 2.24) is 24.7 Å². The van der Waals surface area contributed by atoms with Gasteiger partial charge in [-0.15, -0.1) is 0 Å². The predicted molar refractivity (Wildman–Crippen MR) is 127 cm³/mol. The number of methoxy groups -OCH3 is 1. The molecule has 0 radical (unpaired) electrons. The molecule has 2 aliphatic heterocycles. The Morgan fingerprint density at radius 3 is 2.34 bits per heavy atom. The molecule has 206 valence electrons. The molecule has 2 aliphatic rings. The van der Waals surface area contributed by atoms with Crippen molar-refractivity contribution in [2.24, 2.45) is 0 Å². The molecule has 3 N–H and O–H groups in total. The number of benzene rings is 1. The molecular weight excluding hydrogens is 526 g/mol. The highest BCUT2D eigenvalue weighted by Gasteiger charge is 2.58. The molecule has 1 aromatic rings. The Morgan fingerprint density at radius 2 is 1.76 bits per heavy atom. The lowest BCUT2D eigenvalue weighted by molar-refractivity contribution is -0.162. The summed E-state index contributed by atoms with van der Waals surface area (Å²) in [7, 11) is -4.22. The van der Waals surface area contributed by atoms with Crippen LogP contribution in [0.3, 0.4) is 0 Å². The van der Waals surface area contributed by atoms with Gasteiger partial charge in [-0.25, -0.2) is 9.59 Å². The van der Waals surface area contributed by atoms with Crippen molar-refractivity contribution in [2.45, 2.75) is 37.9 Å². The second-order valence-electron chi connectivity index (χ2n) is 8.46. The average Bonchev–Trinajstić information content (AvgIpc) is 2.88. The normalized spacial score (nSPS) is 20.5. The SMILES string of the molecule is CCCCN1CCN(C(=O)NC(C(=O)N[C@H]2C(=O)N(S(=O)(=O)O)[C@H]2C(=O)OC)c2ccccc2)C(=O)C1=O. The van der Waals surface area contributed by atoms with Crippen molar-refractivity contribution in [2.75, 3.05) is 26.7 Å². The minimum atomic E-state index is -5.13. The first-order valence-electron chi connectivity index (χ1n) is 11.6. The van der Waals surface area contributed by atoms with Gasteiger partial charge in [0.1, 0.15) is 12.1 Å². The van der Waals surface area contributed by atoms with Crippen LogP contribution in [0.2, 0.25) is 0 Å². The zero-order valence-corrected chi connectivity index (χ0v) is 21.3. The summed E-state index contributed by atoms with van der Waals surface area (Å²) in [6.07, 6.45) is 1.49. The van der Waals surface area contributed by atoms with E-state index in [1.54, 1.807) is 18.2 Å². The Balaban J connectivity index is 1.80. The highest BCUT2D eigenvalue weighted by atomic mass is 32.2. The molecule has 15 nitrogen and oxygen atoms in total. The number of β-lactam (4-membered cyclic amide) rings is 1. The molecule has 6 amide bonds. The van der Waals surface area contributed by atoms with E-state index in [0.29, 0.717) is 17.9 Å². The monoisotopic (exact) mass is 553 g/mol. The second-order valence-corrected chi connectivity index (χ2v) is 9.75. The first kappa shape index (κ1) is 28.5. The van der Waals surface area contributed by atoms with E-state index in [1.807, 2.05) is 6.92 Å². The maximum Gasteiger partial charge on any atom is 0.363 e. The fourth-order valence-corrected chi connectivity index (χ4v) is 4.86. The summed E-state index contributed by atoms with van der Waals surface area (Å²) in [6, 6.07) is 1.48. The smallest absolute Gasteiger partial charge is 0.363 e. The largest absolute Gasteiger partial charge is 0.467 e. The number of ether oxygens (including phenoxy) is 1. The molecule has 0 aromatic heterocycles. The van der Waals surface area contributed by atoms with E-state index in [4.69, 9.17) is 0 Å². The Labute approximate surface area is 217 Å². The van der Waals surface area contributed by atoms with Gasteiger partial charge in [-0.3, -0.25) is 28.6 Å². The zero-order valence-electron chi connectivity index (χ0n) is 20.5. The molecule has 2 fully saturated rings. The van der Waals surface area contributed by atoms with Gasteiger partial charge in [0.05, 0.1) is 7.11 Å². The van der Waals surface area contributed by atoms with Crippen molar-refractivity contribution in [1.29, 1.82) is 0 Å². The highest BCUT2D eigenvalue weighted by molar-refractivity contribution is 7.84. The van der Waals surface area contributed by atoms with Gasteiger partial charge < -0.3 is 20.3 Å². The molecule has 16 heteroatoms. The third-order valence-corrected chi connectivity index (χ3v) is 6.94. The van der Waals surface area contributed by atoms with Gasteiger partial charge in [0.25, 0.3) is 5.91 Å². The van der Waals surface area contributed by atoms with Crippen LogP contribution in [0.25, 0.3) is 0 Å². The number of unbranched alkanes of at least 4 members (excludes halogenated alkanes) is 1. The highest BCUT2D eigenvalue weighted by Crippen LogP contribution is 2.26. The molecule has 0 aliphatic carbocycles. The number of piperazine rings is 1. The molecule has 2 heterocycles. The maximum absolute atomic E-state index is 13.2. The van der Waals surface area contributed by atoms with E-state index < -0.39 is 64.1 Å². The van der Waals surface area contributed by atoms with E-state index in [1.165, 1.54) is 17.0 Å². The van der Waals surface area contributed by atoms with Crippen LogP contribution in [-0.2, 0) is 39.0 Å². The van der Waals surface area contributed by atoms with Crippen molar-refractivity contribution in [3.63, 3.8) is 0 Å². The van der Waals surface area contributed by atoms with E-state index in [0.717, 1.165) is 13.5 Å². The molecule has 0 spiro atoms. The van der Waals surface area contributed by atoms with Gasteiger partial charge in [-0.1, -0.05) is 43.7 Å². The summed E-state index contributed by atoms with van der Waals surface area (Å²) in [5.41, 5.74) is 0.215. The number of imide groups is 1. The molecule has 1 unspecified atom stereocenters. The number of nitrogens with one attached hydrogen (secondary N) is 2. The number of hydrogen-bond donors (Lipinski definition) is 3. The van der Waals surface area contributed by atoms with Gasteiger partial charge >= 0.3 is 34.1 Å². The summed E-state index contributed by atoms with van der Waals surface area (Å²) in [4.78, 5) is 77.6. The minimum Gasteiger partial charge on any atom is -0.467 e. The van der Waals surface area contributed by atoms with Crippen LogP contribution in [0.5, 0.6) is 0 Å². The number of carbonyl (C=O) groups excluding carboxylic acids is 6. The zero-order chi connectivity index (χ0) is 28.2. The summed E-state index contributed by atoms with van der Waals surface area (Å²) < 4.78 is 36.6. The van der Waals surface area contributed by atoms with Crippen LogP contribution in [0.4, 0.5) is 4.79 Å². The van der Waals surface area contributed by atoms with Crippen molar-refractivity contribution < 1.29 is 46.5 Å². The Hall–Kier alpha value is -4.05. The summed E-state index contributed by atoms with van der Waals surface area (Å²) in [5, 5.41) is 4.55. The van der Waals surface area contributed by atoms with Crippen molar-refractivity contribution in [3.05, 3.63) is 35.9 Å². The Bertz CT molecular complexity index is 1240. The lowest BCUT2D eigenvalue weighted by Crippen LogP contribution is -2.75. The predicted octanol–water partition coefficient (Wildman–Crippen LogP) is -1.42. The standard InChI is InChI=1S/C22H27N5O10S/c1-3-4-10-25-11-12-26(20(31)19(25)30)22(33)24-14(13-8-6-5-7-9-13)17(28)23-15-16(21(32)37-2)27(18(15)29)38(34,35)36/h5-9,14-16H,3-4,10-12H2,1-2H3,(H,23,28)(H,24,33)(H,34,35,36)/t14?,15-,16-/m1/s1. The lowest BCUT2D eigenvalue weighted by Gasteiger charge is -2.42. The molecular formula is C22H27N5O10S. The fourth-order valence-electron chi connectivity index (χ4n) is 4.03. The number of esters is 1. The number of rotatable bonds is 9. The summed E-state index contributed by atoms with van der Waals surface area (Å²) >= 11 is 0. The second kappa shape index (κ2) is 11.6. The van der Waals surface area contributed by atoms with Gasteiger partial charge in [-0.05, 0) is 12.0 Å². The third-order valence-electron chi connectivity index (χ3n) is 6.04. The minimum absolute atomic E-state index is 0.113. The lowest BCUT2D eigenvalue weighted by atomic mass is 9.97. The van der Waals surface area contributed by atoms with E-state index in [9.17, 15) is 41.7 Å². The topological polar surface area (TPSA) is 200 Å². The first-order chi connectivity index (χ1) is 17.9. The number of carbonyl (C=O) groups is 6. The molecule has 2 saturated heterocycles. The molecule has 0 bridgehead atoms. The molecule has 3 rings (SSSR count). The third kappa shape index (κ3) is 5.75. The van der Waals surface area contributed by atoms with Crippen LogP contribution in [-0.4, -0.2) is 102 Å². The molecule has 1 aromatic carbocycles. The maximum atomic E-state index is 13.2. The van der Waals surface area contributed by atoms with Crippen LogP contribution < -0.4 is 10.6 Å². The molecule has 38 heavy (non-hydrogen) atoms. The fraction of sp³-hybridized carbons (Fsp3) is 0.455.